The summed E-state index contributed by atoms with van der Waals surface area (Å²) in [5.41, 5.74) is 3.30. The Morgan fingerprint density at radius 3 is 1.43 bits per heavy atom. The Morgan fingerprint density at radius 2 is 1.13 bits per heavy atom. The maximum Gasteiger partial charge on any atom is 0.123 e. The van der Waals surface area contributed by atoms with Crippen molar-refractivity contribution in [2.24, 2.45) is 0 Å². The average molecular weight is 398 g/mol. The van der Waals surface area contributed by atoms with Crippen molar-refractivity contribution >= 4 is 0 Å². The number of hydrogen-bond acceptors (Lipinski definition) is 2. The summed E-state index contributed by atoms with van der Waals surface area (Å²) in [7, 11) is 0. The highest BCUT2D eigenvalue weighted by Crippen LogP contribution is 2.41. The summed E-state index contributed by atoms with van der Waals surface area (Å²) in [6.07, 6.45) is 0. The summed E-state index contributed by atoms with van der Waals surface area (Å²) in [6, 6.07) is 24.7. The van der Waals surface area contributed by atoms with Crippen LogP contribution in [0.25, 0.3) is 0 Å². The zero-order valence-electron chi connectivity index (χ0n) is 18.8. The zero-order valence-corrected chi connectivity index (χ0v) is 18.8. The van der Waals surface area contributed by atoms with E-state index < -0.39 is 0 Å². The average Bonchev–Trinajstić information content (AvgIpc) is 2.65. The second-order valence-corrected chi connectivity index (χ2v) is 10.0. The van der Waals surface area contributed by atoms with Crippen LogP contribution in [-0.4, -0.2) is 5.11 Å². The number of phenols is 1. The van der Waals surface area contributed by atoms with Gasteiger partial charge in [0.15, 0.2) is 0 Å². The van der Waals surface area contributed by atoms with Crippen LogP contribution in [0.4, 0.5) is 0 Å². The van der Waals surface area contributed by atoms with Gasteiger partial charge in [-0.3, -0.25) is 0 Å². The van der Waals surface area contributed by atoms with Gasteiger partial charge < -0.3 is 5.11 Å². The van der Waals surface area contributed by atoms with Crippen LogP contribution in [0.3, 0.4) is 0 Å². The highest BCUT2D eigenvalue weighted by molar-refractivity contribution is 5.53. The molecule has 2 aliphatic carbocycles. The van der Waals surface area contributed by atoms with Gasteiger partial charge in [0.1, 0.15) is 5.75 Å². The minimum absolute atomic E-state index is 0.198. The normalized spacial score (nSPS) is 13.0. The van der Waals surface area contributed by atoms with Crippen molar-refractivity contribution in [3.63, 3.8) is 0 Å². The zero-order chi connectivity index (χ0) is 22.1. The lowest BCUT2D eigenvalue weighted by molar-refractivity contribution is 0.422. The lowest BCUT2D eigenvalue weighted by Gasteiger charge is -2.29. The van der Waals surface area contributed by atoms with Crippen molar-refractivity contribution in [3.8, 4) is 11.8 Å². The molecule has 1 N–H and O–H groups in total. The molecule has 0 radical (unpaired) electrons. The topological polar surface area (TPSA) is 44.0 Å². The van der Waals surface area contributed by atoms with Gasteiger partial charge in [-0.2, -0.15) is 5.26 Å². The molecule has 0 aromatic heterocycles. The molecule has 1 unspecified atom stereocenters. The van der Waals surface area contributed by atoms with E-state index in [1.807, 2.05) is 42.5 Å². The summed E-state index contributed by atoms with van der Waals surface area (Å²) < 4.78 is 0. The van der Waals surface area contributed by atoms with Crippen LogP contribution >= 0.6 is 0 Å². The van der Waals surface area contributed by atoms with Crippen LogP contribution in [0.1, 0.15) is 69.7 Å². The lowest BCUT2D eigenvalue weighted by atomic mass is 9.76. The maximum atomic E-state index is 10.8. The SMILES string of the molecule is CC(C)(C)c1cc(C(C#N)c2ccccc2)cc(C(C)(C)C)c1O.c1cc2ccc1=2. The number of phenolic OH excluding ortho intramolecular Hbond substituents is 1. The van der Waals surface area contributed by atoms with E-state index in [1.54, 1.807) is 0 Å². The molecule has 0 fully saturated rings. The molecule has 2 aromatic rings. The molecule has 0 saturated heterocycles. The van der Waals surface area contributed by atoms with E-state index in [-0.39, 0.29) is 16.7 Å². The van der Waals surface area contributed by atoms with Crippen LogP contribution in [0, 0.1) is 21.8 Å². The highest BCUT2D eigenvalue weighted by Gasteiger charge is 2.28. The first-order valence-corrected chi connectivity index (χ1v) is 10.4. The van der Waals surface area contributed by atoms with Crippen LogP contribution < -0.4 is 0 Å². The second-order valence-electron chi connectivity index (χ2n) is 10.0. The Kier molecular flexibility index (Phi) is 5.77. The van der Waals surface area contributed by atoms with E-state index in [0.29, 0.717) is 5.75 Å². The third-order valence-corrected chi connectivity index (χ3v) is 5.56. The fraction of sp³-hybridized carbons (Fsp3) is 0.321. The summed E-state index contributed by atoms with van der Waals surface area (Å²) in [4.78, 5) is 0. The van der Waals surface area contributed by atoms with E-state index in [1.165, 1.54) is 10.4 Å². The summed E-state index contributed by atoms with van der Waals surface area (Å²) in [5.74, 6) is 0.0116. The van der Waals surface area contributed by atoms with Gasteiger partial charge in [0.2, 0.25) is 0 Å². The Hall–Kier alpha value is -3.05. The second kappa shape index (κ2) is 8.00. The van der Waals surface area contributed by atoms with E-state index >= 15 is 0 Å². The third-order valence-electron chi connectivity index (χ3n) is 5.56. The van der Waals surface area contributed by atoms with Crippen LogP contribution in [0.2, 0.25) is 0 Å². The molecule has 0 heterocycles. The number of rotatable bonds is 2. The first kappa shape index (κ1) is 21.7. The smallest absolute Gasteiger partial charge is 0.123 e. The monoisotopic (exact) mass is 397 g/mol. The standard InChI is InChI=1S/C22H27NO.C6H4/c1-21(2,3)18-12-16(13-19(20(18)24)22(4,5)6)17(14-23)15-10-8-7-9-11-15;1-2-6-4-3-5(1)6/h7-13,17,24H,1-6H3;1-4H. The van der Waals surface area contributed by atoms with Gasteiger partial charge in [0.25, 0.3) is 0 Å². The fourth-order valence-corrected chi connectivity index (χ4v) is 3.62. The van der Waals surface area contributed by atoms with Gasteiger partial charge in [0.05, 0.1) is 12.0 Å². The van der Waals surface area contributed by atoms with E-state index in [9.17, 15) is 10.4 Å². The molecular formula is C28H31NO. The first-order valence-electron chi connectivity index (χ1n) is 10.4. The molecule has 2 heteroatoms. The summed E-state index contributed by atoms with van der Waals surface area (Å²) >= 11 is 0. The molecule has 154 valence electrons. The van der Waals surface area contributed by atoms with Crippen LogP contribution in [0.15, 0.2) is 66.7 Å². The molecule has 0 amide bonds. The van der Waals surface area contributed by atoms with Crippen molar-refractivity contribution in [3.05, 3.63) is 99.4 Å². The third kappa shape index (κ3) is 4.41. The van der Waals surface area contributed by atoms with Gasteiger partial charge in [-0.15, -0.1) is 0 Å². The van der Waals surface area contributed by atoms with E-state index in [2.05, 4.69) is 71.9 Å². The number of aromatic hydroxyl groups is 1. The molecule has 2 aromatic carbocycles. The number of nitrogens with zero attached hydrogens (tertiary/aromatic N) is 1. The van der Waals surface area contributed by atoms with Crippen molar-refractivity contribution < 1.29 is 5.11 Å². The molecule has 1 atom stereocenters. The predicted octanol–water partition coefficient (Wildman–Crippen LogP) is 6.93. The predicted molar refractivity (Wildman–Crippen MR) is 124 cm³/mol. The van der Waals surface area contributed by atoms with Crippen LogP contribution in [-0.2, 0) is 10.8 Å². The minimum Gasteiger partial charge on any atom is -0.507 e. The lowest BCUT2D eigenvalue weighted by Crippen LogP contribution is -2.18. The number of hydrogen-bond donors (Lipinski definition) is 1. The molecule has 0 saturated carbocycles. The van der Waals surface area contributed by atoms with Crippen LogP contribution in [0.5, 0.6) is 5.75 Å². The Bertz CT molecular complexity index is 1090. The fourth-order valence-electron chi connectivity index (χ4n) is 3.62. The number of nitriles is 1. The summed E-state index contributed by atoms with van der Waals surface area (Å²) in [5, 5.41) is 23.5. The minimum atomic E-state index is -0.339. The Morgan fingerprint density at radius 1 is 0.700 bits per heavy atom. The van der Waals surface area contributed by atoms with Gasteiger partial charge >= 0.3 is 0 Å². The molecule has 0 spiro atoms. The maximum absolute atomic E-state index is 10.8. The first-order chi connectivity index (χ1) is 14.0. The van der Waals surface area contributed by atoms with E-state index in [4.69, 9.17) is 0 Å². The Labute approximate surface area is 180 Å². The van der Waals surface area contributed by atoms with Gasteiger partial charge in [0, 0.05) is 0 Å². The van der Waals surface area contributed by atoms with Crippen molar-refractivity contribution in [2.45, 2.75) is 58.3 Å². The number of benzene rings is 3. The van der Waals surface area contributed by atoms with Crippen molar-refractivity contribution in [1.82, 2.24) is 0 Å². The molecule has 2 aliphatic rings. The molecule has 30 heavy (non-hydrogen) atoms. The van der Waals surface area contributed by atoms with Gasteiger partial charge in [-0.1, -0.05) is 96.1 Å². The molecule has 0 aliphatic heterocycles. The van der Waals surface area contributed by atoms with Gasteiger partial charge in [-0.05, 0) is 55.7 Å². The molecular weight excluding hydrogens is 366 g/mol. The summed E-state index contributed by atoms with van der Waals surface area (Å²) in [6.45, 7) is 12.5. The quantitative estimate of drug-likeness (QED) is 0.398. The largest absolute Gasteiger partial charge is 0.507 e. The van der Waals surface area contributed by atoms with Crippen molar-refractivity contribution in [2.75, 3.05) is 0 Å². The van der Waals surface area contributed by atoms with Gasteiger partial charge in [-0.25, -0.2) is 0 Å². The molecule has 2 nitrogen and oxygen atoms in total. The highest BCUT2D eigenvalue weighted by atomic mass is 16.3. The molecule has 0 bridgehead atoms. The molecule has 4 rings (SSSR count). The van der Waals surface area contributed by atoms with E-state index in [0.717, 1.165) is 22.3 Å². The Balaban J connectivity index is 0.000000357. The van der Waals surface area contributed by atoms with Crippen molar-refractivity contribution in [1.29, 1.82) is 5.26 Å².